The van der Waals surface area contributed by atoms with Gasteiger partial charge in [0, 0.05) is 6.54 Å². The Hall–Kier alpha value is -4.24. The molecule has 0 radical (unpaired) electrons. The van der Waals surface area contributed by atoms with E-state index in [-0.39, 0.29) is 22.9 Å². The molecule has 9 heteroatoms. The zero-order valence-corrected chi connectivity index (χ0v) is 13.8. The molecule has 0 unspecified atom stereocenters. The molecular formula is C18H12FN7O. The van der Waals surface area contributed by atoms with E-state index in [0.717, 1.165) is 11.6 Å². The third-order valence-electron chi connectivity index (χ3n) is 3.57. The Balaban J connectivity index is 1.79. The Kier molecular flexibility index (Phi) is 5.05. The van der Waals surface area contributed by atoms with E-state index in [1.165, 1.54) is 12.1 Å². The third-order valence-corrected chi connectivity index (χ3v) is 3.57. The second-order valence-electron chi connectivity index (χ2n) is 5.40. The molecule has 27 heavy (non-hydrogen) atoms. The molecule has 0 fully saturated rings. The number of aliphatic imine (C=N–C) groups is 1. The van der Waals surface area contributed by atoms with Gasteiger partial charge in [0.15, 0.2) is 11.5 Å². The van der Waals surface area contributed by atoms with Crippen molar-refractivity contribution in [3.8, 4) is 12.1 Å². The first-order valence-electron chi connectivity index (χ1n) is 7.70. The van der Waals surface area contributed by atoms with Gasteiger partial charge < -0.3 is 11.1 Å². The van der Waals surface area contributed by atoms with E-state index in [9.17, 15) is 4.39 Å². The number of nitriles is 2. The average Bonchev–Trinajstić information content (AvgIpc) is 3.16. The van der Waals surface area contributed by atoms with E-state index in [4.69, 9.17) is 20.9 Å². The van der Waals surface area contributed by atoms with Crippen molar-refractivity contribution in [1.29, 1.82) is 10.5 Å². The summed E-state index contributed by atoms with van der Waals surface area (Å²) >= 11 is 0. The molecule has 0 atom stereocenters. The number of benzene rings is 2. The van der Waals surface area contributed by atoms with Gasteiger partial charge in [0.05, 0.1) is 22.9 Å². The standard InChI is InChI=1S/C18H12FN7O/c19-15-5-4-14(7-13(15)9-21)24-17(22)16-18(26-27-25-16)23-10-12-3-1-2-11(6-12)8-20/h1-7H,10H2,(H2,22,24)(H,23,26). The Morgan fingerprint density at radius 1 is 1.19 bits per heavy atom. The third kappa shape index (κ3) is 4.06. The van der Waals surface area contributed by atoms with E-state index in [2.05, 4.69) is 26.7 Å². The number of nitrogens with two attached hydrogens (primary N) is 1. The predicted octanol–water partition coefficient (Wildman–Crippen LogP) is 2.60. The number of nitrogens with zero attached hydrogens (tertiary/aromatic N) is 5. The minimum Gasteiger partial charge on any atom is -0.382 e. The van der Waals surface area contributed by atoms with E-state index >= 15 is 0 Å². The van der Waals surface area contributed by atoms with Crippen LogP contribution in [0.2, 0.25) is 0 Å². The average molecular weight is 361 g/mol. The molecule has 1 heterocycles. The lowest BCUT2D eigenvalue weighted by atomic mass is 10.1. The topological polar surface area (TPSA) is 137 Å². The molecule has 0 spiro atoms. The van der Waals surface area contributed by atoms with Crippen LogP contribution in [0.3, 0.4) is 0 Å². The lowest BCUT2D eigenvalue weighted by molar-refractivity contribution is 0.307. The predicted molar refractivity (Wildman–Crippen MR) is 94.3 cm³/mol. The monoisotopic (exact) mass is 361 g/mol. The van der Waals surface area contributed by atoms with Crippen LogP contribution in [0, 0.1) is 28.5 Å². The van der Waals surface area contributed by atoms with Crippen molar-refractivity contribution in [2.45, 2.75) is 6.54 Å². The summed E-state index contributed by atoms with van der Waals surface area (Å²) in [6.45, 7) is 0.360. The fraction of sp³-hybridized carbons (Fsp3) is 0.0556. The number of aromatic nitrogens is 2. The van der Waals surface area contributed by atoms with Crippen LogP contribution >= 0.6 is 0 Å². The van der Waals surface area contributed by atoms with Crippen LogP contribution in [0.15, 0.2) is 52.1 Å². The molecule has 3 rings (SSSR count). The largest absolute Gasteiger partial charge is 0.382 e. The van der Waals surface area contributed by atoms with E-state index < -0.39 is 5.82 Å². The highest BCUT2D eigenvalue weighted by Gasteiger charge is 2.14. The van der Waals surface area contributed by atoms with Gasteiger partial charge in [-0.3, -0.25) is 0 Å². The maximum atomic E-state index is 13.4. The van der Waals surface area contributed by atoms with Crippen LogP contribution < -0.4 is 11.1 Å². The molecule has 3 N–H and O–H groups in total. The van der Waals surface area contributed by atoms with Gasteiger partial charge in [0.2, 0.25) is 5.82 Å². The first-order chi connectivity index (χ1) is 13.1. The van der Waals surface area contributed by atoms with Crippen LogP contribution in [-0.4, -0.2) is 16.1 Å². The number of halogens is 1. The first kappa shape index (κ1) is 17.6. The second kappa shape index (κ2) is 7.76. The quantitative estimate of drug-likeness (QED) is 0.526. The minimum absolute atomic E-state index is 0.0139. The summed E-state index contributed by atoms with van der Waals surface area (Å²) < 4.78 is 18.1. The number of rotatable bonds is 5. The number of hydrogen-bond acceptors (Lipinski definition) is 7. The van der Waals surface area contributed by atoms with E-state index in [1.54, 1.807) is 24.3 Å². The molecule has 132 valence electrons. The van der Waals surface area contributed by atoms with Gasteiger partial charge >= 0.3 is 0 Å². The van der Waals surface area contributed by atoms with Gasteiger partial charge in [0.25, 0.3) is 0 Å². The van der Waals surface area contributed by atoms with Gasteiger partial charge in [-0.15, -0.1) is 0 Å². The smallest absolute Gasteiger partial charge is 0.202 e. The van der Waals surface area contributed by atoms with Crippen LogP contribution in [0.4, 0.5) is 15.9 Å². The number of hydrogen-bond donors (Lipinski definition) is 2. The summed E-state index contributed by atoms with van der Waals surface area (Å²) in [5.74, 6) is -0.388. The summed E-state index contributed by atoms with van der Waals surface area (Å²) in [6, 6.07) is 14.7. The van der Waals surface area contributed by atoms with Crippen LogP contribution in [0.25, 0.3) is 0 Å². The van der Waals surface area contributed by atoms with Crippen molar-refractivity contribution >= 4 is 17.3 Å². The normalized spacial score (nSPS) is 10.9. The van der Waals surface area contributed by atoms with Crippen molar-refractivity contribution in [3.63, 3.8) is 0 Å². The molecule has 0 saturated heterocycles. The van der Waals surface area contributed by atoms with Crippen molar-refractivity contribution in [1.82, 2.24) is 10.3 Å². The molecule has 0 aliphatic heterocycles. The Morgan fingerprint density at radius 3 is 2.81 bits per heavy atom. The minimum atomic E-state index is -0.639. The molecule has 0 aliphatic carbocycles. The molecule has 0 bridgehead atoms. The summed E-state index contributed by atoms with van der Waals surface area (Å²) in [5.41, 5.74) is 7.67. The molecule has 1 aromatic heterocycles. The first-order valence-corrected chi connectivity index (χ1v) is 7.70. The van der Waals surface area contributed by atoms with Crippen LogP contribution in [-0.2, 0) is 6.54 Å². The fourth-order valence-corrected chi connectivity index (χ4v) is 2.27. The van der Waals surface area contributed by atoms with Crippen molar-refractivity contribution in [2.24, 2.45) is 10.7 Å². The van der Waals surface area contributed by atoms with Crippen LogP contribution in [0.5, 0.6) is 0 Å². The van der Waals surface area contributed by atoms with Gasteiger partial charge in [-0.1, -0.05) is 12.1 Å². The molecule has 0 saturated carbocycles. The van der Waals surface area contributed by atoms with Crippen molar-refractivity contribution < 1.29 is 9.02 Å². The van der Waals surface area contributed by atoms with Gasteiger partial charge in [-0.25, -0.2) is 14.0 Å². The Bertz CT molecular complexity index is 1090. The molecule has 8 nitrogen and oxygen atoms in total. The summed E-state index contributed by atoms with van der Waals surface area (Å²) in [5, 5.41) is 28.3. The lowest BCUT2D eigenvalue weighted by Crippen LogP contribution is -2.16. The lowest BCUT2D eigenvalue weighted by Gasteiger charge is -2.05. The Morgan fingerprint density at radius 2 is 2.04 bits per heavy atom. The van der Waals surface area contributed by atoms with E-state index in [0.29, 0.717) is 17.8 Å². The Labute approximate surface area is 153 Å². The van der Waals surface area contributed by atoms with Gasteiger partial charge in [-0.2, -0.15) is 10.5 Å². The summed E-state index contributed by atoms with van der Waals surface area (Å²) in [7, 11) is 0. The van der Waals surface area contributed by atoms with Crippen molar-refractivity contribution in [2.75, 3.05) is 5.32 Å². The van der Waals surface area contributed by atoms with Gasteiger partial charge in [-0.05, 0) is 46.2 Å². The molecular weight excluding hydrogens is 349 g/mol. The van der Waals surface area contributed by atoms with Crippen LogP contribution in [0.1, 0.15) is 22.4 Å². The SMILES string of the molecule is N#Cc1cccc(CNc2nonc2C(N)=Nc2ccc(F)c(C#N)c2)c1. The maximum Gasteiger partial charge on any atom is 0.202 e. The fourth-order valence-electron chi connectivity index (χ4n) is 2.27. The molecule has 3 aromatic rings. The number of anilines is 1. The number of amidine groups is 1. The maximum absolute atomic E-state index is 13.4. The molecule has 2 aromatic carbocycles. The summed E-state index contributed by atoms with van der Waals surface area (Å²) in [6.07, 6.45) is 0. The van der Waals surface area contributed by atoms with Crippen molar-refractivity contribution in [3.05, 3.63) is 70.7 Å². The summed E-state index contributed by atoms with van der Waals surface area (Å²) in [4.78, 5) is 4.13. The van der Waals surface area contributed by atoms with E-state index in [1.807, 2.05) is 6.07 Å². The second-order valence-corrected chi connectivity index (χ2v) is 5.40. The molecule has 0 amide bonds. The number of nitrogens with one attached hydrogen (secondary N) is 1. The van der Waals surface area contributed by atoms with Gasteiger partial charge in [0.1, 0.15) is 11.9 Å². The highest BCUT2D eigenvalue weighted by atomic mass is 19.1. The zero-order valence-electron chi connectivity index (χ0n) is 13.8. The molecule has 0 aliphatic rings. The highest BCUT2D eigenvalue weighted by molar-refractivity contribution is 6.01. The zero-order chi connectivity index (χ0) is 19.2. The highest BCUT2D eigenvalue weighted by Crippen LogP contribution is 2.19.